The molecule has 0 N–H and O–H groups in total. The number of aldehydes is 1. The van der Waals surface area contributed by atoms with Gasteiger partial charge in [-0.2, -0.15) is 0 Å². The van der Waals surface area contributed by atoms with Crippen molar-refractivity contribution in [3.8, 4) is 0 Å². The van der Waals surface area contributed by atoms with E-state index < -0.39 is 0 Å². The molecule has 5 heteroatoms. The van der Waals surface area contributed by atoms with Gasteiger partial charge < -0.3 is 19.3 Å². The van der Waals surface area contributed by atoms with Crippen molar-refractivity contribution in [1.82, 2.24) is 4.90 Å². The minimum absolute atomic E-state index is 0.259. The third kappa shape index (κ3) is 4.59. The largest absolute Gasteiger partial charge is 0.445 e. The summed E-state index contributed by atoms with van der Waals surface area (Å²) >= 11 is 0. The quantitative estimate of drug-likeness (QED) is 0.787. The summed E-state index contributed by atoms with van der Waals surface area (Å²) in [6.07, 6.45) is 1.10. The molecular weight excluding hydrogens is 316 g/mol. The summed E-state index contributed by atoms with van der Waals surface area (Å²) in [6, 6.07) is 17.7. The second-order valence-electron chi connectivity index (χ2n) is 6.05. The number of hydrogen-bond donors (Lipinski definition) is 0. The van der Waals surface area contributed by atoms with E-state index in [9.17, 15) is 9.59 Å². The van der Waals surface area contributed by atoms with E-state index in [1.165, 1.54) is 0 Å². The molecule has 1 aliphatic rings. The molecule has 5 nitrogen and oxygen atoms in total. The van der Waals surface area contributed by atoms with Crippen molar-refractivity contribution in [2.45, 2.75) is 13.0 Å². The van der Waals surface area contributed by atoms with Crippen molar-refractivity contribution >= 4 is 18.1 Å². The summed E-state index contributed by atoms with van der Waals surface area (Å²) in [5.74, 6) is 0. The molecule has 0 bridgehead atoms. The van der Waals surface area contributed by atoms with Crippen LogP contribution in [0.3, 0.4) is 0 Å². The van der Waals surface area contributed by atoms with Crippen LogP contribution in [0, 0.1) is 0 Å². The zero-order valence-electron chi connectivity index (χ0n) is 14.1. The lowest BCUT2D eigenvalue weighted by molar-refractivity contribution is -0.107. The van der Waals surface area contributed by atoms with E-state index >= 15 is 0 Å². The summed E-state index contributed by atoms with van der Waals surface area (Å²) in [7, 11) is 0. The smallest absolute Gasteiger partial charge is 0.410 e. The number of piperazine rings is 1. The highest BCUT2D eigenvalue weighted by molar-refractivity contribution is 5.68. The summed E-state index contributed by atoms with van der Waals surface area (Å²) < 4.78 is 5.39. The van der Waals surface area contributed by atoms with E-state index in [0.717, 1.165) is 36.2 Å². The van der Waals surface area contributed by atoms with Crippen LogP contribution in [0.5, 0.6) is 0 Å². The number of carbonyl (C=O) groups is 2. The van der Waals surface area contributed by atoms with Gasteiger partial charge in [0.15, 0.2) is 0 Å². The van der Waals surface area contributed by atoms with Gasteiger partial charge in [-0.3, -0.25) is 0 Å². The Morgan fingerprint density at radius 1 is 0.920 bits per heavy atom. The first kappa shape index (κ1) is 17.0. The van der Waals surface area contributed by atoms with Crippen LogP contribution in [0.2, 0.25) is 0 Å². The Bertz CT molecular complexity index is 693. The summed E-state index contributed by atoms with van der Waals surface area (Å²) in [5, 5.41) is 0. The highest BCUT2D eigenvalue weighted by Gasteiger charge is 2.22. The van der Waals surface area contributed by atoms with E-state index in [-0.39, 0.29) is 6.09 Å². The number of anilines is 1. The van der Waals surface area contributed by atoms with Gasteiger partial charge in [-0.25, -0.2) is 4.79 Å². The van der Waals surface area contributed by atoms with Crippen molar-refractivity contribution in [3.05, 3.63) is 65.7 Å². The molecule has 1 fully saturated rings. The van der Waals surface area contributed by atoms with Crippen LogP contribution in [0.1, 0.15) is 11.1 Å². The first-order chi connectivity index (χ1) is 12.3. The van der Waals surface area contributed by atoms with Gasteiger partial charge in [-0.1, -0.05) is 42.5 Å². The topological polar surface area (TPSA) is 49.9 Å². The van der Waals surface area contributed by atoms with Gasteiger partial charge in [0.25, 0.3) is 0 Å². The molecule has 2 aromatic rings. The Kier molecular flexibility index (Phi) is 5.67. The highest BCUT2D eigenvalue weighted by atomic mass is 16.6. The lowest BCUT2D eigenvalue weighted by atomic mass is 10.1. The second kappa shape index (κ2) is 8.33. The summed E-state index contributed by atoms with van der Waals surface area (Å²) in [5.41, 5.74) is 3.12. The molecule has 130 valence electrons. The van der Waals surface area contributed by atoms with Crippen LogP contribution in [-0.2, 0) is 22.6 Å². The van der Waals surface area contributed by atoms with Crippen molar-refractivity contribution in [2.24, 2.45) is 0 Å². The van der Waals surface area contributed by atoms with Gasteiger partial charge in [0.1, 0.15) is 12.9 Å². The van der Waals surface area contributed by atoms with Gasteiger partial charge in [-0.15, -0.1) is 0 Å². The van der Waals surface area contributed by atoms with Gasteiger partial charge in [0, 0.05) is 38.3 Å². The molecule has 0 radical (unpaired) electrons. The second-order valence-corrected chi connectivity index (χ2v) is 6.05. The van der Waals surface area contributed by atoms with Crippen molar-refractivity contribution in [1.29, 1.82) is 0 Å². The fourth-order valence-electron chi connectivity index (χ4n) is 2.90. The third-order valence-corrected chi connectivity index (χ3v) is 4.36. The molecule has 0 saturated carbocycles. The standard InChI is InChI=1S/C20H22N2O3/c23-15-10-17-6-8-19(9-7-17)21-11-13-22(14-12-21)20(24)25-16-18-4-2-1-3-5-18/h1-9,15H,10-14,16H2. The molecule has 25 heavy (non-hydrogen) atoms. The molecule has 0 spiro atoms. The fourth-order valence-corrected chi connectivity index (χ4v) is 2.90. The Morgan fingerprint density at radius 3 is 2.24 bits per heavy atom. The lowest BCUT2D eigenvalue weighted by Gasteiger charge is -2.35. The SMILES string of the molecule is O=CCc1ccc(N2CCN(C(=O)OCc3ccccc3)CC2)cc1. The Labute approximate surface area is 147 Å². The van der Waals surface area contributed by atoms with E-state index in [1.54, 1.807) is 4.90 Å². The molecule has 1 aliphatic heterocycles. The summed E-state index contributed by atoms with van der Waals surface area (Å²) in [4.78, 5) is 26.7. The van der Waals surface area contributed by atoms with E-state index in [0.29, 0.717) is 26.1 Å². The van der Waals surface area contributed by atoms with Crippen molar-refractivity contribution < 1.29 is 14.3 Å². The zero-order valence-corrected chi connectivity index (χ0v) is 14.1. The van der Waals surface area contributed by atoms with Crippen molar-refractivity contribution in [2.75, 3.05) is 31.1 Å². The number of amides is 1. The van der Waals surface area contributed by atoms with Gasteiger partial charge in [-0.05, 0) is 23.3 Å². The van der Waals surface area contributed by atoms with Crippen LogP contribution in [0.25, 0.3) is 0 Å². The van der Waals surface area contributed by atoms with Crippen LogP contribution < -0.4 is 4.90 Å². The number of rotatable bonds is 5. The molecule has 1 heterocycles. The van der Waals surface area contributed by atoms with Crippen LogP contribution in [0.4, 0.5) is 10.5 Å². The molecule has 0 aliphatic carbocycles. The molecule has 1 amide bonds. The fraction of sp³-hybridized carbons (Fsp3) is 0.300. The van der Waals surface area contributed by atoms with E-state index in [2.05, 4.69) is 4.90 Å². The number of ether oxygens (including phenoxy) is 1. The Balaban J connectivity index is 1.47. The average molecular weight is 338 g/mol. The molecule has 0 aromatic heterocycles. The number of benzene rings is 2. The number of hydrogen-bond acceptors (Lipinski definition) is 4. The van der Waals surface area contributed by atoms with Gasteiger partial charge >= 0.3 is 6.09 Å². The number of carbonyl (C=O) groups excluding carboxylic acids is 2. The molecule has 1 saturated heterocycles. The molecular formula is C20H22N2O3. The predicted molar refractivity (Wildman–Crippen MR) is 96.6 cm³/mol. The molecule has 3 rings (SSSR count). The Hall–Kier alpha value is -2.82. The lowest BCUT2D eigenvalue weighted by Crippen LogP contribution is -2.48. The first-order valence-corrected chi connectivity index (χ1v) is 8.49. The highest BCUT2D eigenvalue weighted by Crippen LogP contribution is 2.18. The van der Waals surface area contributed by atoms with Gasteiger partial charge in [0.2, 0.25) is 0 Å². The molecule has 0 atom stereocenters. The predicted octanol–water partition coefficient (Wildman–Crippen LogP) is 2.89. The monoisotopic (exact) mass is 338 g/mol. The average Bonchev–Trinajstić information content (AvgIpc) is 2.68. The number of nitrogens with zero attached hydrogens (tertiary/aromatic N) is 2. The van der Waals surface area contributed by atoms with E-state index in [4.69, 9.17) is 4.74 Å². The maximum absolute atomic E-state index is 12.2. The Morgan fingerprint density at radius 2 is 1.60 bits per heavy atom. The van der Waals surface area contributed by atoms with Gasteiger partial charge in [0.05, 0.1) is 0 Å². The van der Waals surface area contributed by atoms with Crippen LogP contribution in [0.15, 0.2) is 54.6 Å². The van der Waals surface area contributed by atoms with Crippen molar-refractivity contribution in [3.63, 3.8) is 0 Å². The minimum atomic E-state index is -0.259. The van der Waals surface area contributed by atoms with Crippen LogP contribution >= 0.6 is 0 Å². The normalized spacial score (nSPS) is 14.2. The maximum atomic E-state index is 12.2. The third-order valence-electron chi connectivity index (χ3n) is 4.36. The molecule has 2 aromatic carbocycles. The first-order valence-electron chi connectivity index (χ1n) is 8.49. The zero-order chi connectivity index (χ0) is 17.5. The summed E-state index contributed by atoms with van der Waals surface area (Å²) in [6.45, 7) is 3.13. The maximum Gasteiger partial charge on any atom is 0.410 e. The van der Waals surface area contributed by atoms with Crippen LogP contribution in [-0.4, -0.2) is 43.5 Å². The van der Waals surface area contributed by atoms with E-state index in [1.807, 2.05) is 54.6 Å². The molecule has 0 unspecified atom stereocenters. The minimum Gasteiger partial charge on any atom is -0.445 e.